The molecule has 0 aromatic heterocycles. The minimum Gasteiger partial charge on any atom is -0.394 e. The second kappa shape index (κ2) is 5.80. The quantitative estimate of drug-likeness (QED) is 0.559. The Morgan fingerprint density at radius 3 is 2.69 bits per heavy atom. The summed E-state index contributed by atoms with van der Waals surface area (Å²) < 4.78 is 5.10. The first-order valence-electron chi connectivity index (χ1n) is 5.21. The summed E-state index contributed by atoms with van der Waals surface area (Å²) in [4.78, 5) is 11.8. The van der Waals surface area contributed by atoms with Crippen molar-refractivity contribution < 1.29 is 19.7 Å². The van der Waals surface area contributed by atoms with Gasteiger partial charge in [-0.15, -0.1) is 0 Å². The molecule has 0 saturated carbocycles. The zero-order valence-corrected chi connectivity index (χ0v) is 8.98. The van der Waals surface area contributed by atoms with Crippen LogP contribution in [-0.2, 0) is 9.53 Å². The van der Waals surface area contributed by atoms with Gasteiger partial charge in [0.1, 0.15) is 5.41 Å². The largest absolute Gasteiger partial charge is 0.394 e. The molecule has 0 radical (unpaired) electrons. The number of rotatable bonds is 4. The summed E-state index contributed by atoms with van der Waals surface area (Å²) in [5.74, 6) is -0.397. The van der Waals surface area contributed by atoms with Crippen molar-refractivity contribution in [3.05, 3.63) is 0 Å². The molecule has 1 amide bonds. The number of amides is 1. The lowest BCUT2D eigenvalue weighted by atomic mass is 9.81. The molecule has 1 rings (SSSR count). The van der Waals surface area contributed by atoms with E-state index in [9.17, 15) is 4.79 Å². The molecule has 0 aliphatic carbocycles. The van der Waals surface area contributed by atoms with Gasteiger partial charge in [0, 0.05) is 19.8 Å². The Morgan fingerprint density at radius 2 is 2.19 bits per heavy atom. The summed E-state index contributed by atoms with van der Waals surface area (Å²) in [6.07, 6.45) is -0.255. The fourth-order valence-electron chi connectivity index (χ4n) is 1.55. The van der Waals surface area contributed by atoms with Crippen LogP contribution < -0.4 is 5.32 Å². The van der Waals surface area contributed by atoms with Crippen LogP contribution in [0.2, 0.25) is 0 Å². The summed E-state index contributed by atoms with van der Waals surface area (Å²) >= 11 is 0. The molecular formula is C10H16N2O4. The van der Waals surface area contributed by atoms with Gasteiger partial charge in [-0.1, -0.05) is 0 Å². The van der Waals surface area contributed by atoms with Crippen LogP contribution in [0.1, 0.15) is 12.8 Å². The van der Waals surface area contributed by atoms with E-state index in [4.69, 9.17) is 20.2 Å². The molecule has 0 bridgehead atoms. The molecule has 1 aliphatic heterocycles. The lowest BCUT2D eigenvalue weighted by Crippen LogP contribution is -2.46. The molecule has 3 N–H and O–H groups in total. The first-order chi connectivity index (χ1) is 7.64. The van der Waals surface area contributed by atoms with Gasteiger partial charge in [-0.2, -0.15) is 5.26 Å². The number of hydrogen-bond acceptors (Lipinski definition) is 5. The zero-order chi connectivity index (χ0) is 12.0. The van der Waals surface area contributed by atoms with Crippen LogP contribution in [0.5, 0.6) is 0 Å². The summed E-state index contributed by atoms with van der Waals surface area (Å²) in [7, 11) is 0. The van der Waals surface area contributed by atoms with Gasteiger partial charge in [0.25, 0.3) is 0 Å². The maximum absolute atomic E-state index is 11.8. The van der Waals surface area contributed by atoms with Crippen molar-refractivity contribution in [1.82, 2.24) is 5.32 Å². The Kier molecular flexibility index (Phi) is 4.68. The van der Waals surface area contributed by atoms with E-state index in [-0.39, 0.29) is 6.54 Å². The summed E-state index contributed by atoms with van der Waals surface area (Å²) in [6, 6.07) is 2.02. The third-order valence-corrected chi connectivity index (χ3v) is 2.70. The van der Waals surface area contributed by atoms with Crippen molar-refractivity contribution in [2.45, 2.75) is 18.9 Å². The highest BCUT2D eigenvalue weighted by atomic mass is 16.5. The number of nitrogens with one attached hydrogen (secondary N) is 1. The summed E-state index contributed by atoms with van der Waals surface area (Å²) in [5.41, 5.74) is -1.05. The zero-order valence-electron chi connectivity index (χ0n) is 8.98. The fourth-order valence-corrected chi connectivity index (χ4v) is 1.55. The monoisotopic (exact) mass is 228 g/mol. The molecule has 0 aromatic carbocycles. The number of carbonyl (C=O) groups is 1. The number of aliphatic hydroxyl groups excluding tert-OH is 2. The van der Waals surface area contributed by atoms with Crippen LogP contribution in [0, 0.1) is 16.7 Å². The average molecular weight is 228 g/mol. The van der Waals surface area contributed by atoms with E-state index in [1.54, 1.807) is 0 Å². The fraction of sp³-hybridized carbons (Fsp3) is 0.800. The number of ether oxygens (including phenoxy) is 1. The highest BCUT2D eigenvalue weighted by Gasteiger charge is 2.40. The number of hydrogen-bond donors (Lipinski definition) is 3. The Labute approximate surface area is 93.8 Å². The number of aliphatic hydroxyl groups is 2. The molecule has 1 heterocycles. The predicted octanol–water partition coefficient (Wildman–Crippen LogP) is -1.22. The van der Waals surface area contributed by atoms with Crippen LogP contribution >= 0.6 is 0 Å². The smallest absolute Gasteiger partial charge is 0.240 e. The molecule has 6 heteroatoms. The molecule has 1 aliphatic rings. The van der Waals surface area contributed by atoms with Gasteiger partial charge in [0.05, 0.1) is 18.8 Å². The Morgan fingerprint density at radius 1 is 1.56 bits per heavy atom. The van der Waals surface area contributed by atoms with Crippen LogP contribution in [0.3, 0.4) is 0 Å². The molecule has 1 saturated heterocycles. The molecule has 1 fully saturated rings. The van der Waals surface area contributed by atoms with Crippen LogP contribution in [0.15, 0.2) is 0 Å². The standard InChI is InChI=1S/C10H16N2O4/c11-7-10(1-3-16-4-2-10)9(15)12-5-8(14)6-13/h8,13-14H,1-6H2,(H,12,15). The van der Waals surface area contributed by atoms with Gasteiger partial charge >= 0.3 is 0 Å². The predicted molar refractivity (Wildman–Crippen MR) is 54.2 cm³/mol. The SMILES string of the molecule is N#CC1(C(=O)NCC(O)CO)CCOCC1. The van der Waals surface area contributed by atoms with E-state index in [2.05, 4.69) is 5.32 Å². The van der Waals surface area contributed by atoms with Gasteiger partial charge in [-0.3, -0.25) is 4.79 Å². The van der Waals surface area contributed by atoms with Crippen molar-refractivity contribution in [1.29, 1.82) is 5.26 Å². The lowest BCUT2D eigenvalue weighted by Gasteiger charge is -2.29. The van der Waals surface area contributed by atoms with Gasteiger partial charge in [0.2, 0.25) is 5.91 Å². The maximum Gasteiger partial charge on any atom is 0.240 e. The second-order valence-electron chi connectivity index (χ2n) is 3.85. The molecular weight excluding hydrogens is 212 g/mol. The van der Waals surface area contributed by atoms with Gasteiger partial charge in [-0.05, 0) is 12.8 Å². The number of nitriles is 1. The molecule has 6 nitrogen and oxygen atoms in total. The van der Waals surface area contributed by atoms with Gasteiger partial charge in [0.15, 0.2) is 0 Å². The summed E-state index contributed by atoms with van der Waals surface area (Å²) in [5, 5.41) is 29.2. The second-order valence-corrected chi connectivity index (χ2v) is 3.85. The third kappa shape index (κ3) is 2.92. The minimum absolute atomic E-state index is 0.0420. The Balaban J connectivity index is 2.53. The topological polar surface area (TPSA) is 103 Å². The molecule has 90 valence electrons. The average Bonchev–Trinajstić information content (AvgIpc) is 2.36. The molecule has 0 aromatic rings. The molecule has 0 spiro atoms. The Hall–Kier alpha value is -1.16. The van der Waals surface area contributed by atoms with Gasteiger partial charge in [-0.25, -0.2) is 0 Å². The van der Waals surface area contributed by atoms with Crippen molar-refractivity contribution in [3.63, 3.8) is 0 Å². The van der Waals surface area contributed by atoms with E-state index >= 15 is 0 Å². The maximum atomic E-state index is 11.8. The van der Waals surface area contributed by atoms with Crippen molar-refractivity contribution >= 4 is 5.91 Å². The van der Waals surface area contributed by atoms with Crippen LogP contribution in [0.25, 0.3) is 0 Å². The van der Waals surface area contributed by atoms with Crippen molar-refractivity contribution in [2.24, 2.45) is 5.41 Å². The van der Waals surface area contributed by atoms with Crippen LogP contribution in [-0.4, -0.2) is 48.6 Å². The first kappa shape index (κ1) is 12.9. The first-order valence-corrected chi connectivity index (χ1v) is 5.21. The number of carbonyl (C=O) groups excluding carboxylic acids is 1. The summed E-state index contributed by atoms with van der Waals surface area (Å²) in [6.45, 7) is 0.329. The molecule has 1 atom stereocenters. The third-order valence-electron chi connectivity index (χ3n) is 2.70. The highest BCUT2D eigenvalue weighted by molar-refractivity contribution is 5.85. The molecule has 1 unspecified atom stereocenters. The van der Waals surface area contributed by atoms with E-state index in [0.717, 1.165) is 0 Å². The lowest BCUT2D eigenvalue weighted by molar-refractivity contribution is -0.132. The van der Waals surface area contributed by atoms with Crippen LogP contribution in [0.4, 0.5) is 0 Å². The number of nitrogens with zero attached hydrogens (tertiary/aromatic N) is 1. The Bertz CT molecular complexity index is 281. The minimum atomic E-state index is -1.05. The van der Waals surface area contributed by atoms with E-state index in [0.29, 0.717) is 26.1 Å². The van der Waals surface area contributed by atoms with Gasteiger partial charge < -0.3 is 20.3 Å². The van der Waals surface area contributed by atoms with Crippen molar-refractivity contribution in [3.8, 4) is 6.07 Å². The normalized spacial score (nSPS) is 20.8. The van der Waals surface area contributed by atoms with E-state index < -0.39 is 24.0 Å². The molecule has 16 heavy (non-hydrogen) atoms. The van der Waals surface area contributed by atoms with E-state index in [1.165, 1.54) is 0 Å². The van der Waals surface area contributed by atoms with Crippen molar-refractivity contribution in [2.75, 3.05) is 26.4 Å². The highest BCUT2D eigenvalue weighted by Crippen LogP contribution is 2.29. The van der Waals surface area contributed by atoms with E-state index in [1.807, 2.05) is 6.07 Å².